The zero-order chi connectivity index (χ0) is 19.9. The molecule has 29 heavy (non-hydrogen) atoms. The average Bonchev–Trinajstić information content (AvgIpc) is 2.79. The summed E-state index contributed by atoms with van der Waals surface area (Å²) in [6, 6.07) is 24.4. The van der Waals surface area contributed by atoms with Crippen molar-refractivity contribution < 1.29 is 9.47 Å². The van der Waals surface area contributed by atoms with Crippen molar-refractivity contribution in [2.75, 3.05) is 36.5 Å². The SMILES string of the molecule is Clc1ccc(COc2ccccc2CNc2ccc(N3CCOCC3)cc2)cc1. The zero-order valence-corrected chi connectivity index (χ0v) is 17.1. The van der Waals surface area contributed by atoms with Crippen LogP contribution in [-0.4, -0.2) is 26.3 Å². The van der Waals surface area contributed by atoms with Crippen molar-refractivity contribution in [3.8, 4) is 5.75 Å². The number of nitrogens with zero attached hydrogens (tertiary/aromatic N) is 1. The van der Waals surface area contributed by atoms with Crippen LogP contribution in [0.4, 0.5) is 11.4 Å². The highest BCUT2D eigenvalue weighted by Gasteiger charge is 2.11. The fraction of sp³-hybridized carbons (Fsp3) is 0.250. The Hall–Kier alpha value is -2.69. The largest absolute Gasteiger partial charge is 0.489 e. The van der Waals surface area contributed by atoms with E-state index in [-0.39, 0.29) is 0 Å². The van der Waals surface area contributed by atoms with E-state index in [1.54, 1.807) is 0 Å². The average molecular weight is 409 g/mol. The Bertz CT molecular complexity index is 907. The van der Waals surface area contributed by atoms with Crippen molar-refractivity contribution in [1.82, 2.24) is 0 Å². The molecule has 0 spiro atoms. The lowest BCUT2D eigenvalue weighted by Gasteiger charge is -2.29. The van der Waals surface area contributed by atoms with E-state index < -0.39 is 0 Å². The number of benzene rings is 3. The molecule has 1 fully saturated rings. The summed E-state index contributed by atoms with van der Waals surface area (Å²) in [5.74, 6) is 0.889. The van der Waals surface area contributed by atoms with Gasteiger partial charge in [0.25, 0.3) is 0 Å². The number of halogens is 1. The molecule has 1 aliphatic heterocycles. The highest BCUT2D eigenvalue weighted by atomic mass is 35.5. The van der Waals surface area contributed by atoms with Crippen LogP contribution < -0.4 is 15.0 Å². The van der Waals surface area contributed by atoms with Crippen LogP contribution in [0, 0.1) is 0 Å². The molecule has 0 saturated carbocycles. The van der Waals surface area contributed by atoms with E-state index in [9.17, 15) is 0 Å². The number of morpholine rings is 1. The molecule has 0 atom stereocenters. The molecule has 1 aliphatic rings. The van der Waals surface area contributed by atoms with Crippen molar-refractivity contribution in [3.05, 3.63) is 88.9 Å². The van der Waals surface area contributed by atoms with Gasteiger partial charge in [-0.15, -0.1) is 0 Å². The first kappa shape index (κ1) is 19.6. The Morgan fingerprint density at radius 1 is 0.897 bits per heavy atom. The quantitative estimate of drug-likeness (QED) is 0.570. The summed E-state index contributed by atoms with van der Waals surface area (Å²) in [6.45, 7) is 4.71. The van der Waals surface area contributed by atoms with Gasteiger partial charge < -0.3 is 19.7 Å². The van der Waals surface area contributed by atoms with E-state index in [4.69, 9.17) is 21.1 Å². The van der Waals surface area contributed by atoms with Crippen molar-refractivity contribution >= 4 is 23.0 Å². The first-order valence-electron chi connectivity index (χ1n) is 9.90. The van der Waals surface area contributed by atoms with Gasteiger partial charge in [0.1, 0.15) is 12.4 Å². The predicted octanol–water partition coefficient (Wildman–Crippen LogP) is 5.37. The summed E-state index contributed by atoms with van der Waals surface area (Å²) < 4.78 is 11.5. The van der Waals surface area contributed by atoms with Crippen LogP contribution in [-0.2, 0) is 17.9 Å². The van der Waals surface area contributed by atoms with Gasteiger partial charge in [-0.25, -0.2) is 0 Å². The summed E-state index contributed by atoms with van der Waals surface area (Å²) in [5.41, 5.74) is 4.55. The molecule has 4 rings (SSSR count). The highest BCUT2D eigenvalue weighted by molar-refractivity contribution is 6.30. The Balaban J connectivity index is 1.35. The topological polar surface area (TPSA) is 33.7 Å². The van der Waals surface area contributed by atoms with Crippen LogP contribution in [0.15, 0.2) is 72.8 Å². The van der Waals surface area contributed by atoms with Gasteiger partial charge in [-0.05, 0) is 48.0 Å². The molecule has 0 aliphatic carbocycles. The molecule has 0 unspecified atom stereocenters. The van der Waals surface area contributed by atoms with Gasteiger partial charge in [-0.1, -0.05) is 41.9 Å². The van der Waals surface area contributed by atoms with E-state index >= 15 is 0 Å². The standard InChI is InChI=1S/C24H25ClN2O2/c25-21-7-5-19(6-8-21)18-29-24-4-2-1-3-20(24)17-26-22-9-11-23(12-10-22)27-13-15-28-16-14-27/h1-12,26H,13-18H2. The number of hydrogen-bond donors (Lipinski definition) is 1. The van der Waals surface area contributed by atoms with E-state index in [0.717, 1.165) is 53.9 Å². The summed E-state index contributed by atoms with van der Waals surface area (Å²) >= 11 is 5.95. The summed E-state index contributed by atoms with van der Waals surface area (Å²) in [5, 5.41) is 4.23. The minimum atomic E-state index is 0.516. The molecule has 0 bridgehead atoms. The number of anilines is 2. The van der Waals surface area contributed by atoms with Gasteiger partial charge in [0.2, 0.25) is 0 Å². The first-order chi connectivity index (χ1) is 14.3. The van der Waals surface area contributed by atoms with Crippen molar-refractivity contribution in [3.63, 3.8) is 0 Å². The summed E-state index contributed by atoms with van der Waals surface area (Å²) in [6.07, 6.45) is 0. The molecule has 0 aromatic heterocycles. The second-order valence-electron chi connectivity index (χ2n) is 7.02. The molecule has 3 aromatic rings. The van der Waals surface area contributed by atoms with Gasteiger partial charge in [-0.3, -0.25) is 0 Å². The van der Waals surface area contributed by atoms with Crippen LogP contribution in [0.2, 0.25) is 5.02 Å². The van der Waals surface area contributed by atoms with Gasteiger partial charge in [-0.2, -0.15) is 0 Å². The molecule has 150 valence electrons. The Morgan fingerprint density at radius 2 is 1.62 bits per heavy atom. The fourth-order valence-electron chi connectivity index (χ4n) is 3.34. The molecule has 1 saturated heterocycles. The molecular formula is C24H25ClN2O2. The van der Waals surface area contributed by atoms with E-state index in [1.807, 2.05) is 42.5 Å². The smallest absolute Gasteiger partial charge is 0.124 e. The molecular weight excluding hydrogens is 384 g/mol. The van der Waals surface area contributed by atoms with Crippen molar-refractivity contribution in [1.29, 1.82) is 0 Å². The zero-order valence-electron chi connectivity index (χ0n) is 16.3. The van der Waals surface area contributed by atoms with E-state index in [0.29, 0.717) is 13.2 Å². The summed E-state index contributed by atoms with van der Waals surface area (Å²) in [4.78, 5) is 2.35. The molecule has 1 N–H and O–H groups in total. The van der Waals surface area contributed by atoms with Gasteiger partial charge in [0.15, 0.2) is 0 Å². The lowest BCUT2D eigenvalue weighted by atomic mass is 10.2. The Labute approximate surface area is 177 Å². The maximum atomic E-state index is 6.05. The van der Waals surface area contributed by atoms with Gasteiger partial charge >= 0.3 is 0 Å². The molecule has 0 radical (unpaired) electrons. The minimum absolute atomic E-state index is 0.516. The lowest BCUT2D eigenvalue weighted by molar-refractivity contribution is 0.122. The first-order valence-corrected chi connectivity index (χ1v) is 10.3. The predicted molar refractivity (Wildman–Crippen MR) is 119 cm³/mol. The van der Waals surface area contributed by atoms with Crippen LogP contribution in [0.25, 0.3) is 0 Å². The Kier molecular flexibility index (Phi) is 6.55. The van der Waals surface area contributed by atoms with Crippen molar-refractivity contribution in [2.24, 2.45) is 0 Å². The molecule has 0 amide bonds. The number of rotatable bonds is 7. The van der Waals surface area contributed by atoms with Crippen LogP contribution >= 0.6 is 11.6 Å². The third-order valence-corrected chi connectivity index (χ3v) is 5.26. The van der Waals surface area contributed by atoms with E-state index in [2.05, 4.69) is 40.5 Å². The number of hydrogen-bond acceptors (Lipinski definition) is 4. The molecule has 3 aromatic carbocycles. The third kappa shape index (κ3) is 5.43. The van der Waals surface area contributed by atoms with E-state index in [1.165, 1.54) is 5.69 Å². The fourth-order valence-corrected chi connectivity index (χ4v) is 3.47. The molecule has 4 nitrogen and oxygen atoms in total. The molecule has 5 heteroatoms. The maximum Gasteiger partial charge on any atom is 0.124 e. The van der Waals surface area contributed by atoms with Crippen molar-refractivity contribution in [2.45, 2.75) is 13.2 Å². The Morgan fingerprint density at radius 3 is 2.38 bits per heavy atom. The highest BCUT2D eigenvalue weighted by Crippen LogP contribution is 2.23. The maximum absolute atomic E-state index is 6.05. The molecule has 1 heterocycles. The van der Waals surface area contributed by atoms with Crippen LogP contribution in [0.5, 0.6) is 5.75 Å². The lowest BCUT2D eigenvalue weighted by Crippen LogP contribution is -2.36. The van der Waals surface area contributed by atoms with Crippen LogP contribution in [0.3, 0.4) is 0 Å². The summed E-state index contributed by atoms with van der Waals surface area (Å²) in [7, 11) is 0. The van der Waals surface area contributed by atoms with Crippen LogP contribution in [0.1, 0.15) is 11.1 Å². The number of ether oxygens (including phenoxy) is 2. The third-order valence-electron chi connectivity index (χ3n) is 5.01. The number of para-hydroxylation sites is 1. The second-order valence-corrected chi connectivity index (χ2v) is 7.46. The van der Waals surface area contributed by atoms with Gasteiger partial charge in [0, 0.05) is 41.6 Å². The van der Waals surface area contributed by atoms with Gasteiger partial charge in [0.05, 0.1) is 13.2 Å². The number of nitrogens with one attached hydrogen (secondary N) is 1. The minimum Gasteiger partial charge on any atom is -0.489 e. The monoisotopic (exact) mass is 408 g/mol. The second kappa shape index (κ2) is 9.68. The normalized spacial score (nSPS) is 13.9.